The van der Waals surface area contributed by atoms with Crippen molar-refractivity contribution in [2.75, 3.05) is 26.1 Å². The zero-order valence-corrected chi connectivity index (χ0v) is 18.1. The molecule has 1 aromatic carbocycles. The molecule has 0 saturated carbocycles. The summed E-state index contributed by atoms with van der Waals surface area (Å²) in [5, 5.41) is 12.8. The number of benzene rings is 1. The van der Waals surface area contributed by atoms with Crippen LogP contribution in [0.4, 0.5) is 5.00 Å². The Kier molecular flexibility index (Phi) is 6.95. The lowest BCUT2D eigenvalue weighted by molar-refractivity contribution is -0.119. The van der Waals surface area contributed by atoms with Crippen molar-refractivity contribution < 1.29 is 23.8 Å². The molecule has 1 heterocycles. The first-order valence-corrected chi connectivity index (χ1v) is 10.5. The average Bonchev–Trinajstić information content (AvgIpc) is 2.90. The minimum absolute atomic E-state index is 0.225. The number of fused-ring (bicyclic) bond motifs is 1. The van der Waals surface area contributed by atoms with Gasteiger partial charge < -0.3 is 19.5 Å². The monoisotopic (exact) mass is 428 g/mol. The van der Waals surface area contributed by atoms with Gasteiger partial charge in [0.15, 0.2) is 6.61 Å². The number of nitriles is 1. The van der Waals surface area contributed by atoms with Gasteiger partial charge in [0.2, 0.25) is 0 Å². The topological polar surface area (TPSA) is 97.6 Å². The number of rotatable bonds is 6. The molecule has 0 spiro atoms. The van der Waals surface area contributed by atoms with E-state index in [0.29, 0.717) is 22.1 Å². The first-order valence-electron chi connectivity index (χ1n) is 9.72. The number of nitrogens with zero attached hydrogens (tertiary/aromatic N) is 1. The van der Waals surface area contributed by atoms with Crippen molar-refractivity contribution >= 4 is 28.2 Å². The number of esters is 1. The van der Waals surface area contributed by atoms with Crippen LogP contribution in [0.25, 0.3) is 0 Å². The van der Waals surface area contributed by atoms with Crippen LogP contribution < -0.4 is 14.8 Å². The molecule has 0 atom stereocenters. The Bertz CT molecular complexity index is 981. The Labute approximate surface area is 179 Å². The lowest BCUT2D eigenvalue weighted by Gasteiger charge is -2.12. The van der Waals surface area contributed by atoms with Gasteiger partial charge in [-0.05, 0) is 50.3 Å². The number of nitrogens with one attached hydrogen (secondary N) is 1. The van der Waals surface area contributed by atoms with E-state index >= 15 is 0 Å². The van der Waals surface area contributed by atoms with Gasteiger partial charge in [-0.15, -0.1) is 11.3 Å². The zero-order valence-electron chi connectivity index (χ0n) is 17.3. The number of hydrogen-bond acceptors (Lipinski definition) is 7. The molecule has 1 aliphatic rings. The van der Waals surface area contributed by atoms with Gasteiger partial charge in [0.1, 0.15) is 22.6 Å². The summed E-state index contributed by atoms with van der Waals surface area (Å²) in [7, 11) is 3.00. The van der Waals surface area contributed by atoms with Crippen molar-refractivity contribution in [2.45, 2.75) is 39.0 Å². The molecule has 2 aromatic rings. The van der Waals surface area contributed by atoms with Crippen molar-refractivity contribution in [3.63, 3.8) is 0 Å². The first kappa shape index (κ1) is 21.7. The number of ether oxygens (including phenoxy) is 3. The van der Waals surface area contributed by atoms with Crippen molar-refractivity contribution in [3.8, 4) is 17.6 Å². The Morgan fingerprint density at radius 3 is 2.43 bits per heavy atom. The van der Waals surface area contributed by atoms with Gasteiger partial charge >= 0.3 is 5.97 Å². The van der Waals surface area contributed by atoms with Crippen LogP contribution in [-0.2, 0) is 22.4 Å². The second kappa shape index (κ2) is 9.63. The van der Waals surface area contributed by atoms with Crippen molar-refractivity contribution in [2.24, 2.45) is 0 Å². The van der Waals surface area contributed by atoms with Gasteiger partial charge in [-0.1, -0.05) is 6.42 Å². The molecule has 30 heavy (non-hydrogen) atoms. The van der Waals surface area contributed by atoms with Gasteiger partial charge in [-0.3, -0.25) is 4.79 Å². The molecule has 0 radical (unpaired) electrons. The van der Waals surface area contributed by atoms with E-state index in [2.05, 4.69) is 11.4 Å². The van der Waals surface area contributed by atoms with Gasteiger partial charge in [0.25, 0.3) is 5.91 Å². The fraction of sp³-hybridized carbons (Fsp3) is 0.409. The van der Waals surface area contributed by atoms with Crippen molar-refractivity contribution in [1.29, 1.82) is 5.26 Å². The number of aryl methyl sites for hydroxylation is 1. The molecule has 0 bridgehead atoms. The molecule has 158 valence electrons. The molecule has 0 aliphatic heterocycles. The normalized spacial score (nSPS) is 12.9. The smallest absolute Gasteiger partial charge is 0.338 e. The van der Waals surface area contributed by atoms with E-state index in [-0.39, 0.29) is 5.56 Å². The summed E-state index contributed by atoms with van der Waals surface area (Å²) in [5.41, 5.74) is 2.56. The molecule has 7 nitrogen and oxygen atoms in total. The third-order valence-corrected chi connectivity index (χ3v) is 6.32. The number of carbonyl (C=O) groups excluding carboxylic acids is 2. The number of methoxy groups -OCH3 is 2. The van der Waals surface area contributed by atoms with Gasteiger partial charge in [-0.25, -0.2) is 4.79 Å². The predicted molar refractivity (Wildman–Crippen MR) is 113 cm³/mol. The average molecular weight is 429 g/mol. The Hall–Kier alpha value is -3.05. The van der Waals surface area contributed by atoms with Crippen LogP contribution in [-0.4, -0.2) is 32.7 Å². The SMILES string of the molecule is COc1cc(C(=O)OCC(=O)Nc2sc3c(c2C#N)CCCCC3)cc(OC)c1C. The molecule has 1 amide bonds. The highest BCUT2D eigenvalue weighted by Gasteiger charge is 2.22. The quantitative estimate of drug-likeness (QED) is 0.551. The number of anilines is 1. The highest BCUT2D eigenvalue weighted by molar-refractivity contribution is 7.16. The van der Waals surface area contributed by atoms with E-state index < -0.39 is 18.5 Å². The third-order valence-electron chi connectivity index (χ3n) is 5.11. The van der Waals surface area contributed by atoms with E-state index in [1.54, 1.807) is 12.1 Å². The first-order chi connectivity index (χ1) is 14.5. The van der Waals surface area contributed by atoms with Crippen LogP contribution in [0.15, 0.2) is 12.1 Å². The molecule has 0 fully saturated rings. The number of carbonyl (C=O) groups is 2. The number of amides is 1. The molecule has 0 unspecified atom stereocenters. The van der Waals surface area contributed by atoms with E-state index in [9.17, 15) is 14.9 Å². The van der Waals surface area contributed by atoms with Crippen LogP contribution in [0.3, 0.4) is 0 Å². The summed E-state index contributed by atoms with van der Waals surface area (Å²) in [6.07, 6.45) is 5.07. The van der Waals surface area contributed by atoms with Crippen LogP contribution >= 0.6 is 11.3 Å². The van der Waals surface area contributed by atoms with Crippen LogP contribution in [0.5, 0.6) is 11.5 Å². The highest BCUT2D eigenvalue weighted by Crippen LogP contribution is 2.37. The molecular weight excluding hydrogens is 404 g/mol. The standard InChI is InChI=1S/C22H24N2O5S/c1-13-17(27-2)9-14(10-18(13)28-3)22(26)29-12-20(25)24-21-16(11-23)15-7-5-4-6-8-19(15)30-21/h9-10H,4-8,12H2,1-3H3,(H,24,25). The minimum Gasteiger partial charge on any atom is -0.496 e. The summed E-state index contributed by atoms with van der Waals surface area (Å²) < 4.78 is 15.7. The largest absolute Gasteiger partial charge is 0.496 e. The second-order valence-corrected chi connectivity index (χ2v) is 8.12. The number of thiophene rings is 1. The lowest BCUT2D eigenvalue weighted by Crippen LogP contribution is -2.21. The molecule has 3 rings (SSSR count). The van der Waals surface area contributed by atoms with Crippen LogP contribution in [0.2, 0.25) is 0 Å². The van der Waals surface area contributed by atoms with Gasteiger partial charge in [0.05, 0.1) is 25.3 Å². The Balaban J connectivity index is 1.67. The fourth-order valence-electron chi connectivity index (χ4n) is 3.53. The maximum atomic E-state index is 12.4. The fourth-order valence-corrected chi connectivity index (χ4v) is 4.79. The van der Waals surface area contributed by atoms with Crippen molar-refractivity contribution in [1.82, 2.24) is 0 Å². The van der Waals surface area contributed by atoms with E-state index in [1.807, 2.05) is 6.92 Å². The highest BCUT2D eigenvalue weighted by atomic mass is 32.1. The van der Waals surface area contributed by atoms with Crippen LogP contribution in [0.1, 0.15) is 51.2 Å². The lowest BCUT2D eigenvalue weighted by atomic mass is 10.1. The Morgan fingerprint density at radius 1 is 1.13 bits per heavy atom. The summed E-state index contributed by atoms with van der Waals surface area (Å²) in [4.78, 5) is 25.9. The molecular formula is C22H24N2O5S. The number of hydrogen-bond donors (Lipinski definition) is 1. The maximum absolute atomic E-state index is 12.4. The summed E-state index contributed by atoms with van der Waals surface area (Å²) >= 11 is 1.44. The predicted octanol–water partition coefficient (Wildman–Crippen LogP) is 4.01. The molecule has 1 N–H and O–H groups in total. The zero-order chi connectivity index (χ0) is 21.7. The molecule has 1 aromatic heterocycles. The molecule has 0 saturated heterocycles. The third kappa shape index (κ3) is 4.57. The van der Waals surface area contributed by atoms with E-state index in [0.717, 1.165) is 48.1 Å². The van der Waals surface area contributed by atoms with E-state index in [1.165, 1.54) is 25.6 Å². The molecule has 1 aliphatic carbocycles. The second-order valence-electron chi connectivity index (χ2n) is 7.01. The maximum Gasteiger partial charge on any atom is 0.338 e. The van der Waals surface area contributed by atoms with Gasteiger partial charge in [0, 0.05) is 10.4 Å². The summed E-state index contributed by atoms with van der Waals surface area (Å²) in [6.45, 7) is 1.36. The summed E-state index contributed by atoms with van der Waals surface area (Å²) in [5.74, 6) is -0.166. The van der Waals surface area contributed by atoms with Gasteiger partial charge in [-0.2, -0.15) is 5.26 Å². The van der Waals surface area contributed by atoms with E-state index in [4.69, 9.17) is 14.2 Å². The minimum atomic E-state index is -0.663. The van der Waals surface area contributed by atoms with Crippen LogP contribution in [0, 0.1) is 18.3 Å². The van der Waals surface area contributed by atoms with Crippen molar-refractivity contribution in [3.05, 3.63) is 39.3 Å². The Morgan fingerprint density at radius 2 is 1.80 bits per heavy atom. The molecule has 8 heteroatoms. The summed E-state index contributed by atoms with van der Waals surface area (Å²) in [6, 6.07) is 5.31.